The van der Waals surface area contributed by atoms with Crippen LogP contribution in [0.25, 0.3) is 11.4 Å². The van der Waals surface area contributed by atoms with E-state index in [1.807, 2.05) is 51.1 Å². The molecule has 1 atom stereocenters. The number of hydrogen-bond acceptors (Lipinski definition) is 4. The number of hydrogen-bond donors (Lipinski definition) is 2. The zero-order valence-corrected chi connectivity index (χ0v) is 13.2. The van der Waals surface area contributed by atoms with Gasteiger partial charge >= 0.3 is 0 Å². The van der Waals surface area contributed by atoms with Crippen LogP contribution in [0, 0.1) is 13.8 Å². The molecule has 0 aliphatic carbocycles. The molecular weight excluding hydrogens is 292 g/mol. The average molecular weight is 310 g/mol. The first-order valence-electron chi connectivity index (χ1n) is 7.34. The fourth-order valence-corrected chi connectivity index (χ4v) is 2.45. The first-order valence-corrected chi connectivity index (χ1v) is 7.34. The highest BCUT2D eigenvalue weighted by Gasteiger charge is 2.18. The van der Waals surface area contributed by atoms with Crippen molar-refractivity contribution in [3.63, 3.8) is 0 Å². The van der Waals surface area contributed by atoms with Crippen LogP contribution in [0.5, 0.6) is 0 Å². The molecule has 0 bridgehead atoms. The van der Waals surface area contributed by atoms with E-state index in [1.54, 1.807) is 4.68 Å². The normalized spacial score (nSPS) is 12.1. The van der Waals surface area contributed by atoms with Crippen LogP contribution >= 0.6 is 0 Å². The number of anilines is 1. The number of rotatable bonds is 4. The monoisotopic (exact) mass is 310 g/mol. The molecule has 3 aromatic rings. The molecule has 23 heavy (non-hydrogen) atoms. The quantitative estimate of drug-likeness (QED) is 0.775. The van der Waals surface area contributed by atoms with Crippen molar-refractivity contribution in [2.24, 2.45) is 0 Å². The van der Waals surface area contributed by atoms with Crippen LogP contribution in [0.4, 0.5) is 5.69 Å². The summed E-state index contributed by atoms with van der Waals surface area (Å²) in [6.07, 6.45) is 1.46. The lowest BCUT2D eigenvalue weighted by atomic mass is 10.2. The van der Waals surface area contributed by atoms with Crippen molar-refractivity contribution in [1.82, 2.24) is 25.0 Å². The van der Waals surface area contributed by atoms with Crippen molar-refractivity contribution < 1.29 is 4.79 Å². The van der Waals surface area contributed by atoms with Crippen molar-refractivity contribution >= 4 is 11.6 Å². The van der Waals surface area contributed by atoms with Crippen molar-refractivity contribution in [1.29, 1.82) is 0 Å². The average Bonchev–Trinajstić information content (AvgIpc) is 3.17. The molecule has 2 N–H and O–H groups in total. The lowest BCUT2D eigenvalue weighted by Gasteiger charge is -2.14. The molecule has 1 amide bonds. The van der Waals surface area contributed by atoms with Gasteiger partial charge in [0.2, 0.25) is 5.91 Å². The van der Waals surface area contributed by atoms with Gasteiger partial charge in [-0.2, -0.15) is 10.2 Å². The number of amides is 1. The smallest absolute Gasteiger partial charge is 0.248 e. The van der Waals surface area contributed by atoms with E-state index in [4.69, 9.17) is 0 Å². The summed E-state index contributed by atoms with van der Waals surface area (Å²) in [4.78, 5) is 16.5. The molecule has 0 fully saturated rings. The fourth-order valence-electron chi connectivity index (χ4n) is 2.45. The molecule has 1 aromatic carbocycles. The minimum atomic E-state index is -0.377. The Hall–Kier alpha value is -2.96. The van der Waals surface area contributed by atoms with Crippen LogP contribution in [0.15, 0.2) is 36.7 Å². The van der Waals surface area contributed by atoms with E-state index in [2.05, 4.69) is 25.6 Å². The number of nitrogens with zero attached hydrogens (tertiary/aromatic N) is 4. The molecule has 0 aliphatic heterocycles. The van der Waals surface area contributed by atoms with Crippen molar-refractivity contribution in [3.05, 3.63) is 48.0 Å². The summed E-state index contributed by atoms with van der Waals surface area (Å²) in [6, 6.07) is 9.01. The highest BCUT2D eigenvalue weighted by atomic mass is 16.2. The predicted molar refractivity (Wildman–Crippen MR) is 86.9 cm³/mol. The second kappa shape index (κ2) is 6.04. The van der Waals surface area contributed by atoms with Gasteiger partial charge in [0.1, 0.15) is 12.4 Å². The Bertz CT molecular complexity index is 804. The zero-order valence-electron chi connectivity index (χ0n) is 13.2. The van der Waals surface area contributed by atoms with Gasteiger partial charge < -0.3 is 5.32 Å². The highest BCUT2D eigenvalue weighted by molar-refractivity contribution is 5.93. The molecule has 0 spiro atoms. The number of aromatic nitrogens is 5. The molecule has 0 saturated carbocycles. The maximum absolute atomic E-state index is 12.4. The second-order valence-electron chi connectivity index (χ2n) is 5.45. The first-order chi connectivity index (χ1) is 11.0. The Morgan fingerprint density at radius 1 is 1.26 bits per heavy atom. The number of carbonyl (C=O) groups is 1. The minimum absolute atomic E-state index is 0.108. The summed E-state index contributed by atoms with van der Waals surface area (Å²) >= 11 is 0. The fraction of sp³-hybridized carbons (Fsp3) is 0.250. The van der Waals surface area contributed by atoms with E-state index < -0.39 is 0 Å². The van der Waals surface area contributed by atoms with Crippen LogP contribution in [-0.4, -0.2) is 30.9 Å². The van der Waals surface area contributed by atoms with Gasteiger partial charge in [-0.05, 0) is 51.1 Å². The molecule has 3 rings (SSSR count). The molecule has 118 valence electrons. The first kappa shape index (κ1) is 15.0. The van der Waals surface area contributed by atoms with Crippen LogP contribution in [-0.2, 0) is 4.79 Å². The maximum Gasteiger partial charge on any atom is 0.248 e. The number of aromatic amines is 1. The van der Waals surface area contributed by atoms with Gasteiger partial charge in [0, 0.05) is 16.9 Å². The number of H-pyrrole nitrogens is 1. The third-order valence-corrected chi connectivity index (χ3v) is 3.63. The van der Waals surface area contributed by atoms with E-state index >= 15 is 0 Å². The Labute approximate surface area is 133 Å². The van der Waals surface area contributed by atoms with E-state index in [0.717, 1.165) is 22.6 Å². The number of nitrogens with one attached hydrogen (secondary N) is 2. The predicted octanol–water partition coefficient (Wildman–Crippen LogP) is 2.48. The molecule has 1 unspecified atom stereocenters. The summed E-state index contributed by atoms with van der Waals surface area (Å²) in [6.45, 7) is 5.68. The summed E-state index contributed by atoms with van der Waals surface area (Å²) < 4.78 is 1.73. The molecule has 0 saturated heterocycles. The van der Waals surface area contributed by atoms with Gasteiger partial charge in [0.25, 0.3) is 0 Å². The zero-order chi connectivity index (χ0) is 16.4. The van der Waals surface area contributed by atoms with Crippen molar-refractivity contribution in [3.8, 4) is 11.4 Å². The molecule has 2 heterocycles. The lowest BCUT2D eigenvalue weighted by Crippen LogP contribution is -2.25. The van der Waals surface area contributed by atoms with Gasteiger partial charge in [-0.1, -0.05) is 0 Å². The van der Waals surface area contributed by atoms with E-state index in [1.165, 1.54) is 6.33 Å². The minimum Gasteiger partial charge on any atom is -0.324 e. The standard InChI is InChI=1S/C16H18N6O/c1-10-8-11(2)22(21-10)12(3)16(23)19-14-6-4-13(5-7-14)15-17-9-18-20-15/h4-9,12H,1-3H3,(H,19,23)(H,17,18,20). The van der Waals surface area contributed by atoms with Crippen molar-refractivity contribution in [2.45, 2.75) is 26.8 Å². The largest absolute Gasteiger partial charge is 0.324 e. The summed E-state index contributed by atoms with van der Waals surface area (Å²) in [7, 11) is 0. The summed E-state index contributed by atoms with van der Waals surface area (Å²) in [5.41, 5.74) is 3.50. The topological polar surface area (TPSA) is 88.5 Å². The molecular formula is C16H18N6O. The molecule has 7 heteroatoms. The number of benzene rings is 1. The van der Waals surface area contributed by atoms with Gasteiger partial charge in [-0.3, -0.25) is 14.6 Å². The van der Waals surface area contributed by atoms with E-state index in [0.29, 0.717) is 5.82 Å². The van der Waals surface area contributed by atoms with E-state index in [-0.39, 0.29) is 11.9 Å². The SMILES string of the molecule is Cc1cc(C)n(C(C)C(=O)Nc2ccc(-c3ncn[nH]3)cc2)n1. The highest BCUT2D eigenvalue weighted by Crippen LogP contribution is 2.19. The van der Waals surface area contributed by atoms with Crippen LogP contribution in [0.2, 0.25) is 0 Å². The molecule has 0 aliphatic rings. The summed E-state index contributed by atoms with van der Waals surface area (Å²) in [5.74, 6) is 0.586. The Morgan fingerprint density at radius 3 is 2.57 bits per heavy atom. The number of aryl methyl sites for hydroxylation is 2. The van der Waals surface area contributed by atoms with Gasteiger partial charge in [0.15, 0.2) is 5.82 Å². The second-order valence-corrected chi connectivity index (χ2v) is 5.45. The van der Waals surface area contributed by atoms with Gasteiger partial charge in [-0.15, -0.1) is 0 Å². The number of carbonyl (C=O) groups excluding carboxylic acids is 1. The molecule has 7 nitrogen and oxygen atoms in total. The molecule has 0 radical (unpaired) electrons. The van der Waals surface area contributed by atoms with E-state index in [9.17, 15) is 4.79 Å². The summed E-state index contributed by atoms with van der Waals surface area (Å²) in [5, 5.41) is 13.9. The van der Waals surface area contributed by atoms with Crippen LogP contribution in [0.3, 0.4) is 0 Å². The Kier molecular flexibility index (Phi) is 3.92. The van der Waals surface area contributed by atoms with Crippen LogP contribution < -0.4 is 5.32 Å². The lowest BCUT2D eigenvalue weighted by molar-refractivity contribution is -0.119. The Balaban J connectivity index is 1.71. The Morgan fingerprint density at radius 2 is 2.00 bits per heavy atom. The van der Waals surface area contributed by atoms with Gasteiger partial charge in [0.05, 0.1) is 5.69 Å². The van der Waals surface area contributed by atoms with Crippen molar-refractivity contribution in [2.75, 3.05) is 5.32 Å². The van der Waals surface area contributed by atoms with Crippen LogP contribution in [0.1, 0.15) is 24.4 Å². The third-order valence-electron chi connectivity index (χ3n) is 3.63. The molecule has 2 aromatic heterocycles. The van der Waals surface area contributed by atoms with Gasteiger partial charge in [-0.25, -0.2) is 4.98 Å². The third kappa shape index (κ3) is 3.13. The maximum atomic E-state index is 12.4.